The van der Waals surface area contributed by atoms with Crippen molar-refractivity contribution in [2.75, 3.05) is 7.05 Å². The highest BCUT2D eigenvalue weighted by Crippen LogP contribution is 2.17. The molecule has 0 saturated carbocycles. The van der Waals surface area contributed by atoms with E-state index in [1.165, 1.54) is 0 Å². The molecule has 0 aliphatic heterocycles. The Morgan fingerprint density at radius 1 is 1.19 bits per heavy atom. The largest absolute Gasteiger partial charge is 0.487 e. The molecule has 162 valence electrons. The van der Waals surface area contributed by atoms with Crippen molar-refractivity contribution in [2.24, 2.45) is 0 Å². The molecule has 0 aliphatic rings. The molecule has 32 heavy (non-hydrogen) atoms. The summed E-state index contributed by atoms with van der Waals surface area (Å²) < 4.78 is 7.63. The fraction of sp³-hybridized carbons (Fsp3) is 0.160. The average molecular weight is 445 g/mol. The highest BCUT2D eigenvalue weighted by molar-refractivity contribution is 7.09. The van der Waals surface area contributed by atoms with Gasteiger partial charge in [-0.3, -0.25) is 4.79 Å². The Morgan fingerprint density at radius 3 is 2.81 bits per heavy atom. The van der Waals surface area contributed by atoms with Gasteiger partial charge in [0.1, 0.15) is 12.4 Å². The molecule has 7 heteroatoms. The van der Waals surface area contributed by atoms with E-state index in [1.807, 2.05) is 77.8 Å². The Hall–Kier alpha value is -3.71. The first-order valence-electron chi connectivity index (χ1n) is 10.2. The van der Waals surface area contributed by atoms with Crippen LogP contribution in [0.5, 0.6) is 5.75 Å². The predicted molar refractivity (Wildman–Crippen MR) is 127 cm³/mol. The standard InChI is InChI=1S/C25H24N4O2S/c1-19-27-22(18-32-19)17-31-24-10-6-7-20(13-24)11-12-25(30)28(2)15-21-14-26-29(16-21)23-8-4-3-5-9-23/h3-14,16,18H,15,17H2,1-2H3/b12-11+. The van der Waals surface area contributed by atoms with Gasteiger partial charge in [0.15, 0.2) is 0 Å². The normalized spacial score (nSPS) is 11.1. The summed E-state index contributed by atoms with van der Waals surface area (Å²) in [6.07, 6.45) is 7.09. The van der Waals surface area contributed by atoms with Gasteiger partial charge in [-0.2, -0.15) is 5.10 Å². The van der Waals surface area contributed by atoms with E-state index >= 15 is 0 Å². The summed E-state index contributed by atoms with van der Waals surface area (Å²) in [4.78, 5) is 18.6. The zero-order chi connectivity index (χ0) is 22.3. The van der Waals surface area contributed by atoms with Crippen molar-refractivity contribution in [3.05, 3.63) is 100 Å². The summed E-state index contributed by atoms with van der Waals surface area (Å²) in [5.41, 5.74) is 3.77. The number of para-hydroxylation sites is 1. The lowest BCUT2D eigenvalue weighted by molar-refractivity contribution is -0.125. The van der Waals surface area contributed by atoms with Crippen LogP contribution in [-0.2, 0) is 17.9 Å². The number of aromatic nitrogens is 3. The number of thiazole rings is 1. The number of amides is 1. The number of carbonyl (C=O) groups excluding carboxylic acids is 1. The van der Waals surface area contributed by atoms with Gasteiger partial charge in [-0.05, 0) is 42.8 Å². The molecule has 0 radical (unpaired) electrons. The quantitative estimate of drug-likeness (QED) is 0.363. The number of hydrogen-bond donors (Lipinski definition) is 0. The SMILES string of the molecule is Cc1nc(COc2cccc(/C=C/C(=O)N(C)Cc3cnn(-c4ccccc4)c3)c2)cs1. The summed E-state index contributed by atoms with van der Waals surface area (Å²) in [5, 5.41) is 7.41. The minimum Gasteiger partial charge on any atom is -0.487 e. The second kappa shape index (κ2) is 10.1. The summed E-state index contributed by atoms with van der Waals surface area (Å²) in [6, 6.07) is 17.5. The van der Waals surface area contributed by atoms with Crippen molar-refractivity contribution >= 4 is 23.3 Å². The number of likely N-dealkylation sites (N-methyl/N-ethyl adjacent to an activating group) is 1. The molecule has 0 bridgehead atoms. The Labute approximate surface area is 191 Å². The number of carbonyl (C=O) groups is 1. The molecule has 1 amide bonds. The molecule has 4 rings (SSSR count). The topological polar surface area (TPSA) is 60.2 Å². The Bertz CT molecular complexity index is 1210. The van der Waals surface area contributed by atoms with Crippen LogP contribution < -0.4 is 4.74 Å². The van der Waals surface area contributed by atoms with Crippen LogP contribution in [0.3, 0.4) is 0 Å². The summed E-state index contributed by atoms with van der Waals surface area (Å²) in [6.45, 7) is 2.88. The van der Waals surface area contributed by atoms with Gasteiger partial charge >= 0.3 is 0 Å². The number of rotatable bonds is 8. The molecule has 2 aromatic carbocycles. The molecule has 0 aliphatic carbocycles. The highest BCUT2D eigenvalue weighted by Gasteiger charge is 2.08. The van der Waals surface area contributed by atoms with Gasteiger partial charge in [0.2, 0.25) is 5.91 Å². The van der Waals surface area contributed by atoms with Crippen molar-refractivity contribution < 1.29 is 9.53 Å². The van der Waals surface area contributed by atoms with E-state index in [9.17, 15) is 4.79 Å². The van der Waals surface area contributed by atoms with Crippen LogP contribution >= 0.6 is 11.3 Å². The van der Waals surface area contributed by atoms with Crippen LogP contribution in [0, 0.1) is 6.92 Å². The van der Waals surface area contributed by atoms with Gasteiger partial charge in [0.25, 0.3) is 0 Å². The van der Waals surface area contributed by atoms with Crippen molar-refractivity contribution in [1.29, 1.82) is 0 Å². The first-order valence-corrected chi connectivity index (χ1v) is 11.1. The fourth-order valence-electron chi connectivity index (χ4n) is 3.15. The number of nitrogens with zero attached hydrogens (tertiary/aromatic N) is 4. The van der Waals surface area contributed by atoms with Gasteiger partial charge in [-0.1, -0.05) is 30.3 Å². The number of aryl methyl sites for hydroxylation is 1. The van der Waals surface area contributed by atoms with Gasteiger partial charge < -0.3 is 9.64 Å². The number of benzene rings is 2. The minimum absolute atomic E-state index is 0.0817. The van der Waals surface area contributed by atoms with Crippen LogP contribution in [0.4, 0.5) is 0 Å². The molecular formula is C25H24N4O2S. The van der Waals surface area contributed by atoms with E-state index < -0.39 is 0 Å². The average Bonchev–Trinajstić information content (AvgIpc) is 3.46. The second-order valence-corrected chi connectivity index (χ2v) is 8.44. The lowest BCUT2D eigenvalue weighted by Gasteiger charge is -2.13. The van der Waals surface area contributed by atoms with Crippen LogP contribution in [0.15, 0.2) is 78.4 Å². The maximum Gasteiger partial charge on any atom is 0.246 e. The van der Waals surface area contributed by atoms with E-state index in [1.54, 1.807) is 41.6 Å². The molecule has 0 atom stereocenters. The zero-order valence-electron chi connectivity index (χ0n) is 18.0. The fourth-order valence-corrected chi connectivity index (χ4v) is 3.75. The maximum absolute atomic E-state index is 12.6. The molecule has 6 nitrogen and oxygen atoms in total. The molecule has 0 N–H and O–H groups in total. The van der Waals surface area contributed by atoms with E-state index in [2.05, 4.69) is 10.1 Å². The summed E-state index contributed by atoms with van der Waals surface area (Å²) in [7, 11) is 1.78. The third-order valence-electron chi connectivity index (χ3n) is 4.78. The third-order valence-corrected chi connectivity index (χ3v) is 5.60. The van der Waals surface area contributed by atoms with Crippen LogP contribution in [-0.4, -0.2) is 32.6 Å². The maximum atomic E-state index is 12.6. The van der Waals surface area contributed by atoms with Crippen LogP contribution in [0.25, 0.3) is 11.8 Å². The van der Waals surface area contributed by atoms with E-state index in [0.717, 1.165) is 33.3 Å². The lowest BCUT2D eigenvalue weighted by Crippen LogP contribution is -2.23. The van der Waals surface area contributed by atoms with Crippen LogP contribution in [0.2, 0.25) is 0 Å². The molecule has 2 heterocycles. The van der Waals surface area contributed by atoms with Gasteiger partial charge in [0.05, 0.1) is 22.6 Å². The molecule has 4 aromatic rings. The van der Waals surface area contributed by atoms with Crippen molar-refractivity contribution in [2.45, 2.75) is 20.1 Å². The van der Waals surface area contributed by atoms with E-state index in [4.69, 9.17) is 4.74 Å². The predicted octanol–water partition coefficient (Wildman–Crippen LogP) is 4.89. The Morgan fingerprint density at radius 2 is 2.03 bits per heavy atom. The number of ether oxygens (including phenoxy) is 1. The van der Waals surface area contributed by atoms with E-state index in [0.29, 0.717) is 13.2 Å². The van der Waals surface area contributed by atoms with Crippen LogP contribution in [0.1, 0.15) is 21.8 Å². The monoisotopic (exact) mass is 444 g/mol. The first-order chi connectivity index (χ1) is 15.6. The van der Waals surface area contributed by atoms with Gasteiger partial charge in [-0.15, -0.1) is 11.3 Å². The minimum atomic E-state index is -0.0817. The molecular weight excluding hydrogens is 420 g/mol. The lowest BCUT2D eigenvalue weighted by atomic mass is 10.2. The van der Waals surface area contributed by atoms with Crippen molar-refractivity contribution in [3.63, 3.8) is 0 Å². The molecule has 0 saturated heterocycles. The Kier molecular flexibility index (Phi) is 6.77. The summed E-state index contributed by atoms with van der Waals surface area (Å²) >= 11 is 1.61. The van der Waals surface area contributed by atoms with Gasteiger partial charge in [-0.25, -0.2) is 9.67 Å². The number of hydrogen-bond acceptors (Lipinski definition) is 5. The van der Waals surface area contributed by atoms with E-state index in [-0.39, 0.29) is 5.91 Å². The molecule has 0 fully saturated rings. The van der Waals surface area contributed by atoms with Crippen molar-refractivity contribution in [1.82, 2.24) is 19.7 Å². The smallest absolute Gasteiger partial charge is 0.246 e. The third kappa shape index (κ3) is 5.70. The second-order valence-electron chi connectivity index (χ2n) is 7.38. The molecule has 0 unspecified atom stereocenters. The first kappa shape index (κ1) is 21.5. The zero-order valence-corrected chi connectivity index (χ0v) is 18.8. The highest BCUT2D eigenvalue weighted by atomic mass is 32.1. The molecule has 0 spiro atoms. The summed E-state index contributed by atoms with van der Waals surface area (Å²) in [5.74, 6) is 0.661. The Balaban J connectivity index is 1.33. The van der Waals surface area contributed by atoms with Crippen molar-refractivity contribution in [3.8, 4) is 11.4 Å². The molecule has 2 aromatic heterocycles. The van der Waals surface area contributed by atoms with Gasteiger partial charge in [0, 0.05) is 36.8 Å².